The van der Waals surface area contributed by atoms with Crippen LogP contribution in [0.3, 0.4) is 0 Å². The van der Waals surface area contributed by atoms with Crippen LogP contribution in [0, 0.1) is 28.4 Å². The quantitative estimate of drug-likeness (QED) is 0.221. The number of likely N-dealkylation sites (tertiary alicyclic amines) is 1. The molecule has 0 saturated carbocycles. The maximum absolute atomic E-state index is 12.5. The standard InChI is InChI=1S/C21H19N3O6S/c1-15-4-9-19(13-20(15)24(26)27)31(28,29)30-18-7-5-16(6-8-18)12-17(14-22)21(25)23-10-2-3-11-23/h4-9,12-13H,2-3,10-11H2,1H3/b17-12+. The van der Waals surface area contributed by atoms with Crippen LogP contribution in [0.4, 0.5) is 5.69 Å². The van der Waals surface area contributed by atoms with Gasteiger partial charge in [0.05, 0.1) is 4.92 Å². The average Bonchev–Trinajstić information content (AvgIpc) is 3.27. The molecule has 1 saturated heterocycles. The predicted molar refractivity (Wildman–Crippen MR) is 111 cm³/mol. The Bertz CT molecular complexity index is 1190. The Kier molecular flexibility index (Phi) is 6.36. The summed E-state index contributed by atoms with van der Waals surface area (Å²) in [4.78, 5) is 24.1. The zero-order chi connectivity index (χ0) is 22.6. The van der Waals surface area contributed by atoms with Crippen LogP contribution >= 0.6 is 0 Å². The van der Waals surface area contributed by atoms with Gasteiger partial charge in [0, 0.05) is 24.7 Å². The molecule has 1 heterocycles. The summed E-state index contributed by atoms with van der Waals surface area (Å²) in [5.41, 5.74) is 0.531. The van der Waals surface area contributed by atoms with Gasteiger partial charge in [0.25, 0.3) is 11.6 Å². The van der Waals surface area contributed by atoms with E-state index in [4.69, 9.17) is 4.18 Å². The Hall–Kier alpha value is -3.71. The van der Waals surface area contributed by atoms with Crippen LogP contribution in [0.5, 0.6) is 5.75 Å². The van der Waals surface area contributed by atoms with Gasteiger partial charge in [-0.05, 0) is 49.6 Å². The summed E-state index contributed by atoms with van der Waals surface area (Å²) >= 11 is 0. The molecule has 0 bridgehead atoms. The third-order valence-electron chi connectivity index (χ3n) is 4.81. The highest BCUT2D eigenvalue weighted by atomic mass is 32.2. The highest BCUT2D eigenvalue weighted by Crippen LogP contribution is 2.25. The second-order valence-corrected chi connectivity index (χ2v) is 8.53. The van der Waals surface area contributed by atoms with Gasteiger partial charge in [0.1, 0.15) is 22.3 Å². The van der Waals surface area contributed by atoms with Crippen LogP contribution in [-0.2, 0) is 14.9 Å². The Labute approximate surface area is 179 Å². The van der Waals surface area contributed by atoms with Crippen molar-refractivity contribution in [2.24, 2.45) is 0 Å². The lowest BCUT2D eigenvalue weighted by Crippen LogP contribution is -2.28. The van der Waals surface area contributed by atoms with Gasteiger partial charge in [-0.25, -0.2) is 0 Å². The molecule has 0 aromatic heterocycles. The first-order valence-corrected chi connectivity index (χ1v) is 10.8. The van der Waals surface area contributed by atoms with E-state index in [1.54, 1.807) is 4.90 Å². The molecule has 9 nitrogen and oxygen atoms in total. The number of aryl methyl sites for hydroxylation is 1. The van der Waals surface area contributed by atoms with Crippen molar-refractivity contribution in [1.29, 1.82) is 5.26 Å². The lowest BCUT2D eigenvalue weighted by Gasteiger charge is -2.14. The first-order valence-electron chi connectivity index (χ1n) is 9.42. The van der Waals surface area contributed by atoms with Crippen molar-refractivity contribution in [2.75, 3.05) is 13.1 Å². The molecule has 0 aliphatic carbocycles. The minimum absolute atomic E-state index is 0.00449. The van der Waals surface area contributed by atoms with Crippen LogP contribution in [0.15, 0.2) is 52.9 Å². The van der Waals surface area contributed by atoms with Crippen LogP contribution in [0.25, 0.3) is 6.08 Å². The summed E-state index contributed by atoms with van der Waals surface area (Å²) in [6.45, 7) is 2.75. The molecule has 1 aliphatic rings. The topological polar surface area (TPSA) is 131 Å². The minimum Gasteiger partial charge on any atom is -0.379 e. The second-order valence-electron chi connectivity index (χ2n) is 6.98. The van der Waals surface area contributed by atoms with Crippen molar-refractivity contribution >= 4 is 27.8 Å². The number of carbonyl (C=O) groups excluding carboxylic acids is 1. The van der Waals surface area contributed by atoms with Crippen LogP contribution in [-0.4, -0.2) is 37.2 Å². The molecule has 1 aliphatic heterocycles. The number of benzene rings is 2. The summed E-state index contributed by atoms with van der Waals surface area (Å²) in [5.74, 6) is -0.339. The van der Waals surface area contributed by atoms with Crippen molar-refractivity contribution in [2.45, 2.75) is 24.7 Å². The maximum Gasteiger partial charge on any atom is 0.339 e. The lowest BCUT2D eigenvalue weighted by molar-refractivity contribution is -0.385. The van der Waals surface area contributed by atoms with E-state index in [2.05, 4.69) is 0 Å². The van der Waals surface area contributed by atoms with Crippen molar-refractivity contribution in [3.8, 4) is 11.8 Å². The van der Waals surface area contributed by atoms with Crippen LogP contribution in [0.2, 0.25) is 0 Å². The maximum atomic E-state index is 12.5. The Morgan fingerprint density at radius 1 is 1.19 bits per heavy atom. The van der Waals surface area contributed by atoms with Gasteiger partial charge in [-0.3, -0.25) is 14.9 Å². The Morgan fingerprint density at radius 2 is 1.84 bits per heavy atom. The summed E-state index contributed by atoms with van der Waals surface area (Å²) in [5, 5.41) is 20.4. The van der Waals surface area contributed by atoms with E-state index in [1.165, 1.54) is 49.4 Å². The molecule has 2 aromatic rings. The fourth-order valence-corrected chi connectivity index (χ4v) is 4.09. The summed E-state index contributed by atoms with van der Waals surface area (Å²) in [6.07, 6.45) is 3.26. The number of rotatable bonds is 6. The highest BCUT2D eigenvalue weighted by molar-refractivity contribution is 7.87. The first-order chi connectivity index (χ1) is 14.7. The molecule has 1 amide bonds. The molecule has 160 valence electrons. The molecule has 0 radical (unpaired) electrons. The van der Waals surface area contributed by atoms with Gasteiger partial charge >= 0.3 is 10.1 Å². The highest BCUT2D eigenvalue weighted by Gasteiger charge is 2.23. The SMILES string of the molecule is Cc1ccc(S(=O)(=O)Oc2ccc(/C=C(\C#N)C(=O)N3CCCC3)cc2)cc1[N+](=O)[O-]. The van der Waals surface area contributed by atoms with E-state index in [0.29, 0.717) is 24.2 Å². The first kappa shape index (κ1) is 22.0. The van der Waals surface area contributed by atoms with Gasteiger partial charge in [-0.15, -0.1) is 0 Å². The number of hydrogen-bond acceptors (Lipinski definition) is 7. The third-order valence-corrected chi connectivity index (χ3v) is 6.05. The van der Waals surface area contributed by atoms with Crippen LogP contribution < -0.4 is 4.18 Å². The molecule has 10 heteroatoms. The molecular formula is C21H19N3O6S. The summed E-state index contributed by atoms with van der Waals surface area (Å²) < 4.78 is 30.0. The largest absolute Gasteiger partial charge is 0.379 e. The number of nitriles is 1. The summed E-state index contributed by atoms with van der Waals surface area (Å²) in [6, 6.07) is 11.2. The predicted octanol–water partition coefficient (Wildman–Crippen LogP) is 3.20. The molecule has 0 atom stereocenters. The average molecular weight is 441 g/mol. The van der Waals surface area contributed by atoms with E-state index in [1.807, 2.05) is 6.07 Å². The Morgan fingerprint density at radius 3 is 2.42 bits per heavy atom. The third kappa shape index (κ3) is 5.07. The number of amides is 1. The van der Waals surface area contributed by atoms with Crippen molar-refractivity contribution in [3.63, 3.8) is 0 Å². The van der Waals surface area contributed by atoms with Crippen LogP contribution in [0.1, 0.15) is 24.0 Å². The molecule has 0 spiro atoms. The number of carbonyl (C=O) groups is 1. The monoisotopic (exact) mass is 441 g/mol. The van der Waals surface area contributed by atoms with Gasteiger partial charge in [0.15, 0.2) is 0 Å². The molecule has 0 N–H and O–H groups in total. The molecule has 3 rings (SSSR count). The normalized spacial score (nSPS) is 14.2. The van der Waals surface area contributed by atoms with Crippen molar-refractivity contribution < 1.29 is 22.3 Å². The summed E-state index contributed by atoms with van der Waals surface area (Å²) in [7, 11) is -4.28. The number of nitro groups is 1. The molecule has 31 heavy (non-hydrogen) atoms. The van der Waals surface area contributed by atoms with E-state index >= 15 is 0 Å². The van der Waals surface area contributed by atoms with Gasteiger partial charge in [0.2, 0.25) is 0 Å². The Balaban J connectivity index is 1.78. The minimum atomic E-state index is -4.28. The second kappa shape index (κ2) is 8.97. The molecular weight excluding hydrogens is 422 g/mol. The molecule has 1 fully saturated rings. The van der Waals surface area contributed by atoms with Crippen molar-refractivity contribution in [3.05, 3.63) is 69.3 Å². The number of nitro benzene ring substituents is 1. The van der Waals surface area contributed by atoms with E-state index in [0.717, 1.165) is 18.9 Å². The fourth-order valence-electron chi connectivity index (χ4n) is 3.13. The smallest absolute Gasteiger partial charge is 0.339 e. The van der Waals surface area contributed by atoms with E-state index in [-0.39, 0.29) is 27.8 Å². The van der Waals surface area contributed by atoms with Gasteiger partial charge in [-0.1, -0.05) is 18.2 Å². The fraction of sp³-hybridized carbons (Fsp3) is 0.238. The zero-order valence-corrected chi connectivity index (χ0v) is 17.5. The number of nitrogens with zero attached hydrogens (tertiary/aromatic N) is 3. The lowest BCUT2D eigenvalue weighted by atomic mass is 10.1. The van der Waals surface area contributed by atoms with Crippen molar-refractivity contribution in [1.82, 2.24) is 4.90 Å². The van der Waals surface area contributed by atoms with E-state index in [9.17, 15) is 28.6 Å². The van der Waals surface area contributed by atoms with E-state index < -0.39 is 15.0 Å². The number of hydrogen-bond donors (Lipinski definition) is 0. The van der Waals surface area contributed by atoms with Gasteiger partial charge < -0.3 is 9.08 Å². The zero-order valence-electron chi connectivity index (χ0n) is 16.6. The molecule has 0 unspecified atom stereocenters. The van der Waals surface area contributed by atoms with Gasteiger partial charge in [-0.2, -0.15) is 13.7 Å². The molecule has 2 aromatic carbocycles.